The molecule has 1 atom stereocenters. The molecule has 18 heavy (non-hydrogen) atoms. The van der Waals surface area contributed by atoms with Crippen LogP contribution in [0.3, 0.4) is 0 Å². The summed E-state index contributed by atoms with van der Waals surface area (Å²) in [7, 11) is 0. The van der Waals surface area contributed by atoms with Crippen LogP contribution < -0.4 is 11.1 Å². The molecule has 1 saturated carbocycles. The van der Waals surface area contributed by atoms with Crippen molar-refractivity contribution in [2.45, 2.75) is 31.3 Å². The van der Waals surface area contributed by atoms with Crippen LogP contribution >= 0.6 is 35.6 Å². The SMILES string of the molecule is CC(NC(=O)C1(N)CC1)c1cccc(Cl)c1Cl.Cl. The van der Waals surface area contributed by atoms with Crippen LogP contribution in [-0.4, -0.2) is 11.4 Å². The Morgan fingerprint density at radius 1 is 1.44 bits per heavy atom. The molecule has 0 aromatic heterocycles. The smallest absolute Gasteiger partial charge is 0.240 e. The Morgan fingerprint density at radius 3 is 2.61 bits per heavy atom. The summed E-state index contributed by atoms with van der Waals surface area (Å²) in [6, 6.07) is 5.17. The van der Waals surface area contributed by atoms with Crippen LogP contribution in [0.4, 0.5) is 0 Å². The number of nitrogens with one attached hydrogen (secondary N) is 1. The van der Waals surface area contributed by atoms with Crippen molar-refractivity contribution in [3.05, 3.63) is 33.8 Å². The van der Waals surface area contributed by atoms with E-state index in [0.717, 1.165) is 18.4 Å². The van der Waals surface area contributed by atoms with E-state index in [4.69, 9.17) is 28.9 Å². The van der Waals surface area contributed by atoms with Crippen LogP contribution in [0.2, 0.25) is 10.0 Å². The van der Waals surface area contributed by atoms with Crippen molar-refractivity contribution in [3.8, 4) is 0 Å². The molecule has 0 bridgehead atoms. The summed E-state index contributed by atoms with van der Waals surface area (Å²) in [5.74, 6) is -0.124. The Morgan fingerprint density at radius 2 is 2.06 bits per heavy atom. The molecule has 1 aliphatic rings. The summed E-state index contributed by atoms with van der Waals surface area (Å²) in [5.41, 5.74) is 5.95. The van der Waals surface area contributed by atoms with Crippen molar-refractivity contribution in [1.29, 1.82) is 0 Å². The second kappa shape index (κ2) is 5.66. The first kappa shape index (κ1) is 15.6. The van der Waals surface area contributed by atoms with E-state index < -0.39 is 5.54 Å². The lowest BCUT2D eigenvalue weighted by molar-refractivity contribution is -0.123. The van der Waals surface area contributed by atoms with Gasteiger partial charge in [-0.25, -0.2) is 0 Å². The molecule has 1 fully saturated rings. The zero-order valence-corrected chi connectivity index (χ0v) is 12.2. The van der Waals surface area contributed by atoms with Gasteiger partial charge in [-0.1, -0.05) is 35.3 Å². The van der Waals surface area contributed by atoms with Gasteiger partial charge in [0.15, 0.2) is 0 Å². The molecule has 0 aliphatic heterocycles. The van der Waals surface area contributed by atoms with Gasteiger partial charge in [-0.3, -0.25) is 4.79 Å². The van der Waals surface area contributed by atoms with Gasteiger partial charge in [0.2, 0.25) is 5.91 Å². The van der Waals surface area contributed by atoms with Crippen molar-refractivity contribution in [2.75, 3.05) is 0 Å². The van der Waals surface area contributed by atoms with Gasteiger partial charge in [0, 0.05) is 0 Å². The maximum absolute atomic E-state index is 11.8. The summed E-state index contributed by atoms with van der Waals surface area (Å²) in [5, 5.41) is 3.82. The predicted molar refractivity (Wildman–Crippen MR) is 76.4 cm³/mol. The molecule has 0 saturated heterocycles. The first-order chi connectivity index (χ1) is 7.94. The first-order valence-corrected chi connectivity index (χ1v) is 6.23. The Hall–Kier alpha value is -0.480. The third kappa shape index (κ3) is 3.09. The molecule has 0 radical (unpaired) electrons. The fraction of sp³-hybridized carbons (Fsp3) is 0.417. The fourth-order valence-electron chi connectivity index (χ4n) is 1.63. The minimum Gasteiger partial charge on any atom is -0.348 e. The summed E-state index contributed by atoms with van der Waals surface area (Å²) in [6.07, 6.45) is 1.49. The van der Waals surface area contributed by atoms with E-state index in [9.17, 15) is 4.79 Å². The minimum absolute atomic E-state index is 0. The van der Waals surface area contributed by atoms with Crippen LogP contribution in [0.25, 0.3) is 0 Å². The molecule has 1 aromatic rings. The lowest BCUT2D eigenvalue weighted by Crippen LogP contribution is -2.43. The highest BCUT2D eigenvalue weighted by molar-refractivity contribution is 6.42. The van der Waals surface area contributed by atoms with Crippen molar-refractivity contribution >= 4 is 41.5 Å². The van der Waals surface area contributed by atoms with Gasteiger partial charge < -0.3 is 11.1 Å². The molecule has 0 spiro atoms. The van der Waals surface area contributed by atoms with Crippen LogP contribution in [0.5, 0.6) is 0 Å². The highest BCUT2D eigenvalue weighted by Gasteiger charge is 2.46. The van der Waals surface area contributed by atoms with Gasteiger partial charge in [0.1, 0.15) is 0 Å². The summed E-state index contributed by atoms with van der Waals surface area (Å²) < 4.78 is 0. The molecule has 2 rings (SSSR count). The molecule has 1 unspecified atom stereocenters. The van der Waals surface area contributed by atoms with E-state index in [-0.39, 0.29) is 24.4 Å². The van der Waals surface area contributed by atoms with Crippen LogP contribution in [0.1, 0.15) is 31.4 Å². The number of amides is 1. The molecule has 6 heteroatoms. The molecule has 1 aliphatic carbocycles. The molecular weight excluding hydrogens is 295 g/mol. The number of benzene rings is 1. The molecule has 3 N–H and O–H groups in total. The van der Waals surface area contributed by atoms with Crippen LogP contribution in [0.15, 0.2) is 18.2 Å². The van der Waals surface area contributed by atoms with Crippen LogP contribution in [-0.2, 0) is 4.79 Å². The van der Waals surface area contributed by atoms with Crippen molar-refractivity contribution in [2.24, 2.45) is 5.73 Å². The first-order valence-electron chi connectivity index (χ1n) is 5.48. The number of hydrogen-bond donors (Lipinski definition) is 2. The molecule has 1 amide bonds. The van der Waals surface area contributed by atoms with E-state index in [1.165, 1.54) is 0 Å². The van der Waals surface area contributed by atoms with Crippen molar-refractivity contribution in [1.82, 2.24) is 5.32 Å². The topological polar surface area (TPSA) is 55.1 Å². The molecular formula is C12H15Cl3N2O. The monoisotopic (exact) mass is 308 g/mol. The van der Waals surface area contributed by atoms with Gasteiger partial charge in [-0.2, -0.15) is 0 Å². The second-order valence-electron chi connectivity index (χ2n) is 4.49. The van der Waals surface area contributed by atoms with E-state index in [0.29, 0.717) is 10.0 Å². The minimum atomic E-state index is -0.667. The lowest BCUT2D eigenvalue weighted by Gasteiger charge is -2.18. The predicted octanol–water partition coefficient (Wildman–Crippen LogP) is 3.08. The maximum atomic E-state index is 11.8. The van der Waals surface area contributed by atoms with E-state index in [2.05, 4.69) is 5.32 Å². The van der Waals surface area contributed by atoms with Gasteiger partial charge in [0.05, 0.1) is 21.6 Å². The third-order valence-electron chi connectivity index (χ3n) is 3.04. The van der Waals surface area contributed by atoms with E-state index in [1.807, 2.05) is 19.1 Å². The molecule has 1 aromatic carbocycles. The number of halogens is 3. The fourth-order valence-corrected chi connectivity index (χ4v) is 2.11. The Bertz CT molecular complexity index is 461. The number of carbonyl (C=O) groups is 1. The van der Waals surface area contributed by atoms with Crippen LogP contribution in [0, 0.1) is 0 Å². The van der Waals surface area contributed by atoms with E-state index >= 15 is 0 Å². The summed E-state index contributed by atoms with van der Waals surface area (Å²) >= 11 is 12.0. The lowest BCUT2D eigenvalue weighted by atomic mass is 10.1. The van der Waals surface area contributed by atoms with Crippen molar-refractivity contribution < 1.29 is 4.79 Å². The van der Waals surface area contributed by atoms with E-state index in [1.54, 1.807) is 6.07 Å². The number of rotatable bonds is 3. The zero-order chi connectivity index (χ0) is 12.6. The largest absolute Gasteiger partial charge is 0.348 e. The average Bonchev–Trinajstić information content (AvgIpc) is 3.02. The number of carbonyl (C=O) groups excluding carboxylic acids is 1. The normalized spacial score (nSPS) is 17.6. The standard InChI is InChI=1S/C12H14Cl2N2O.ClH/c1-7(16-11(17)12(15)5-6-12)8-3-2-4-9(13)10(8)14;/h2-4,7H,5-6,15H2,1H3,(H,16,17);1H. The Labute approximate surface area is 122 Å². The Kier molecular flexibility index (Phi) is 4.90. The van der Waals surface area contributed by atoms with Gasteiger partial charge in [-0.15, -0.1) is 12.4 Å². The highest BCUT2D eigenvalue weighted by atomic mass is 35.5. The van der Waals surface area contributed by atoms with Gasteiger partial charge in [0.25, 0.3) is 0 Å². The Balaban J connectivity index is 0.00000162. The van der Waals surface area contributed by atoms with Gasteiger partial charge in [-0.05, 0) is 31.4 Å². The molecule has 0 heterocycles. The number of hydrogen-bond acceptors (Lipinski definition) is 2. The summed E-state index contributed by atoms with van der Waals surface area (Å²) in [6.45, 7) is 1.86. The second-order valence-corrected chi connectivity index (χ2v) is 5.28. The third-order valence-corrected chi connectivity index (χ3v) is 3.87. The molecule has 100 valence electrons. The number of nitrogens with two attached hydrogens (primary N) is 1. The highest BCUT2D eigenvalue weighted by Crippen LogP contribution is 2.34. The van der Waals surface area contributed by atoms with Crippen molar-refractivity contribution in [3.63, 3.8) is 0 Å². The summed E-state index contributed by atoms with van der Waals surface area (Å²) in [4.78, 5) is 11.8. The maximum Gasteiger partial charge on any atom is 0.240 e. The quantitative estimate of drug-likeness (QED) is 0.901. The van der Waals surface area contributed by atoms with Gasteiger partial charge >= 0.3 is 0 Å². The molecule has 3 nitrogen and oxygen atoms in total. The average molecular weight is 310 g/mol. The zero-order valence-electron chi connectivity index (χ0n) is 9.87.